The molecule has 0 fully saturated rings. The maximum absolute atomic E-state index is 12.7. The Hall–Kier alpha value is -1.90. The molecule has 0 spiro atoms. The second kappa shape index (κ2) is 4.80. The molecule has 0 saturated carbocycles. The zero-order valence-corrected chi connectivity index (χ0v) is 11.3. The zero-order chi connectivity index (χ0) is 16.1. The van der Waals surface area contributed by atoms with Crippen molar-refractivity contribution in [2.24, 2.45) is 0 Å². The maximum Gasteiger partial charge on any atom is 0.417 e. The van der Waals surface area contributed by atoms with E-state index in [-0.39, 0.29) is 15.6 Å². The summed E-state index contributed by atoms with van der Waals surface area (Å²) in [6.07, 6.45) is -8.39. The van der Waals surface area contributed by atoms with Crippen molar-refractivity contribution in [3.05, 3.63) is 41.6 Å². The number of fused-ring (bicyclic) bond motifs is 2. The molecule has 0 bridgehead atoms. The molecule has 3 rings (SSSR count). The second-order valence-corrected chi connectivity index (χ2v) is 5.59. The highest BCUT2D eigenvalue weighted by molar-refractivity contribution is 7.99. The van der Waals surface area contributed by atoms with E-state index in [1.54, 1.807) is 0 Å². The Kier molecular flexibility index (Phi) is 3.28. The Labute approximate surface area is 124 Å². The number of rotatable bonds is 0. The van der Waals surface area contributed by atoms with Gasteiger partial charge >= 0.3 is 12.4 Å². The molecule has 1 aliphatic heterocycles. The molecular formula is C13H6F6N2S. The fraction of sp³-hybridized carbons (Fsp3) is 0.154. The van der Waals surface area contributed by atoms with E-state index in [1.807, 2.05) is 0 Å². The highest BCUT2D eigenvalue weighted by Crippen LogP contribution is 2.46. The maximum atomic E-state index is 12.7. The lowest BCUT2D eigenvalue weighted by Crippen LogP contribution is -2.10. The molecule has 0 radical (unpaired) electrons. The molecule has 0 saturated heterocycles. The third-order valence-electron chi connectivity index (χ3n) is 2.96. The number of nitrogens with zero attached hydrogens (tertiary/aromatic N) is 1. The minimum Gasteiger partial charge on any atom is -0.338 e. The molecule has 0 amide bonds. The number of pyridine rings is 1. The number of hydrogen-bond acceptors (Lipinski definition) is 3. The van der Waals surface area contributed by atoms with Gasteiger partial charge in [0.1, 0.15) is 5.82 Å². The van der Waals surface area contributed by atoms with Crippen molar-refractivity contribution in [2.75, 3.05) is 5.32 Å². The van der Waals surface area contributed by atoms with Gasteiger partial charge in [-0.05, 0) is 24.3 Å². The molecule has 9 heteroatoms. The van der Waals surface area contributed by atoms with Gasteiger partial charge in [0.15, 0.2) is 0 Å². The summed E-state index contributed by atoms with van der Waals surface area (Å²) in [6.45, 7) is 0. The third kappa shape index (κ3) is 2.72. The van der Waals surface area contributed by atoms with Crippen LogP contribution in [0.15, 0.2) is 40.3 Å². The lowest BCUT2D eigenvalue weighted by molar-refractivity contribution is -0.138. The summed E-state index contributed by atoms with van der Waals surface area (Å²) in [6, 6.07) is 3.90. The number of alkyl halides is 6. The van der Waals surface area contributed by atoms with Crippen LogP contribution in [-0.4, -0.2) is 4.98 Å². The molecule has 1 aromatic heterocycles. The summed E-state index contributed by atoms with van der Waals surface area (Å²) in [5, 5.41) is 2.73. The SMILES string of the molecule is FC(F)(F)c1ccc2c(c1)Sc1cc(C(F)(F)F)cnc1N2. The Morgan fingerprint density at radius 2 is 1.50 bits per heavy atom. The Bertz CT molecular complexity index is 677. The molecule has 0 aliphatic carbocycles. The van der Waals surface area contributed by atoms with Crippen LogP contribution < -0.4 is 5.32 Å². The molecule has 1 aromatic carbocycles. The van der Waals surface area contributed by atoms with E-state index >= 15 is 0 Å². The number of nitrogens with one attached hydrogen (secondary N) is 1. The first-order valence-electron chi connectivity index (χ1n) is 5.88. The summed E-state index contributed by atoms with van der Waals surface area (Å²) < 4.78 is 76.0. The van der Waals surface area contributed by atoms with Crippen molar-refractivity contribution in [3.63, 3.8) is 0 Å². The first-order chi connectivity index (χ1) is 10.1. The fourth-order valence-electron chi connectivity index (χ4n) is 1.90. The molecule has 22 heavy (non-hydrogen) atoms. The summed E-state index contributed by atoms with van der Waals surface area (Å²) in [4.78, 5) is 4.01. The van der Waals surface area contributed by atoms with E-state index in [0.29, 0.717) is 11.9 Å². The quantitative estimate of drug-likeness (QED) is 0.562. The predicted octanol–water partition coefficient (Wildman–Crippen LogP) is 5.33. The van der Waals surface area contributed by atoms with Crippen LogP contribution in [0, 0.1) is 0 Å². The van der Waals surface area contributed by atoms with Crippen LogP contribution in [0.1, 0.15) is 11.1 Å². The van der Waals surface area contributed by atoms with Crippen LogP contribution in [0.4, 0.5) is 37.8 Å². The van der Waals surface area contributed by atoms with E-state index in [0.717, 1.165) is 30.0 Å². The summed E-state index contributed by atoms with van der Waals surface area (Å²) >= 11 is 0.818. The van der Waals surface area contributed by atoms with Gasteiger partial charge < -0.3 is 5.32 Å². The zero-order valence-electron chi connectivity index (χ0n) is 10.5. The Balaban J connectivity index is 2.00. The second-order valence-electron chi connectivity index (χ2n) is 4.50. The first kappa shape index (κ1) is 15.0. The van der Waals surface area contributed by atoms with Gasteiger partial charge in [-0.1, -0.05) is 11.8 Å². The Morgan fingerprint density at radius 1 is 0.864 bits per heavy atom. The molecular weight excluding hydrogens is 330 g/mol. The number of anilines is 2. The minimum atomic E-state index is -4.56. The van der Waals surface area contributed by atoms with E-state index < -0.39 is 23.5 Å². The van der Waals surface area contributed by atoms with Gasteiger partial charge in [-0.2, -0.15) is 26.3 Å². The lowest BCUT2D eigenvalue weighted by atomic mass is 10.2. The predicted molar refractivity (Wildman–Crippen MR) is 68.1 cm³/mol. The smallest absolute Gasteiger partial charge is 0.338 e. The summed E-state index contributed by atoms with van der Waals surface area (Å²) in [5.74, 6) is 0.185. The number of benzene rings is 1. The highest BCUT2D eigenvalue weighted by atomic mass is 32.2. The largest absolute Gasteiger partial charge is 0.417 e. The van der Waals surface area contributed by atoms with Crippen molar-refractivity contribution in [1.82, 2.24) is 4.98 Å². The number of aromatic nitrogens is 1. The van der Waals surface area contributed by atoms with Gasteiger partial charge in [0.25, 0.3) is 0 Å². The van der Waals surface area contributed by atoms with Gasteiger partial charge in [0, 0.05) is 11.1 Å². The molecule has 2 heterocycles. The van der Waals surface area contributed by atoms with Crippen LogP contribution in [0.2, 0.25) is 0 Å². The van der Waals surface area contributed by atoms with Crippen molar-refractivity contribution in [1.29, 1.82) is 0 Å². The van der Waals surface area contributed by atoms with E-state index in [9.17, 15) is 26.3 Å². The van der Waals surface area contributed by atoms with E-state index in [2.05, 4.69) is 10.3 Å². The van der Waals surface area contributed by atoms with E-state index in [1.165, 1.54) is 6.07 Å². The highest BCUT2D eigenvalue weighted by Gasteiger charge is 2.34. The molecule has 1 aliphatic rings. The van der Waals surface area contributed by atoms with Crippen molar-refractivity contribution in [3.8, 4) is 0 Å². The van der Waals surface area contributed by atoms with Crippen LogP contribution in [0.3, 0.4) is 0 Å². The van der Waals surface area contributed by atoms with Gasteiger partial charge in [-0.3, -0.25) is 0 Å². The minimum absolute atomic E-state index is 0.127. The number of hydrogen-bond donors (Lipinski definition) is 1. The van der Waals surface area contributed by atoms with Crippen molar-refractivity contribution >= 4 is 23.3 Å². The molecule has 1 N–H and O–H groups in total. The van der Waals surface area contributed by atoms with Crippen LogP contribution >= 0.6 is 11.8 Å². The summed E-state index contributed by atoms with van der Waals surface area (Å²) in [5.41, 5.74) is -1.43. The fourth-order valence-corrected chi connectivity index (χ4v) is 2.94. The van der Waals surface area contributed by atoms with Crippen LogP contribution in [0.5, 0.6) is 0 Å². The third-order valence-corrected chi connectivity index (χ3v) is 4.05. The first-order valence-corrected chi connectivity index (χ1v) is 6.69. The molecule has 116 valence electrons. The average molecular weight is 336 g/mol. The molecule has 2 aromatic rings. The van der Waals surface area contributed by atoms with Gasteiger partial charge in [0.05, 0.1) is 21.7 Å². The van der Waals surface area contributed by atoms with Crippen molar-refractivity contribution < 1.29 is 26.3 Å². The molecule has 2 nitrogen and oxygen atoms in total. The standard InChI is InChI=1S/C13H6F6N2S/c14-12(15,16)6-1-2-8-9(3-6)22-10-4-7(13(17,18)19)5-20-11(10)21-8/h1-5H,(H,20,21). The van der Waals surface area contributed by atoms with Crippen LogP contribution in [0.25, 0.3) is 0 Å². The average Bonchev–Trinajstić information content (AvgIpc) is 2.41. The normalized spacial score (nSPS) is 14.1. The monoisotopic (exact) mass is 336 g/mol. The van der Waals surface area contributed by atoms with Gasteiger partial charge in [-0.15, -0.1) is 0 Å². The van der Waals surface area contributed by atoms with Crippen LogP contribution in [-0.2, 0) is 12.4 Å². The van der Waals surface area contributed by atoms with Gasteiger partial charge in [0.2, 0.25) is 0 Å². The Morgan fingerprint density at radius 3 is 2.14 bits per heavy atom. The van der Waals surface area contributed by atoms with E-state index in [4.69, 9.17) is 0 Å². The molecule has 0 unspecified atom stereocenters. The lowest BCUT2D eigenvalue weighted by Gasteiger charge is -2.21. The molecule has 0 atom stereocenters. The topological polar surface area (TPSA) is 24.9 Å². The summed E-state index contributed by atoms with van der Waals surface area (Å²) in [7, 11) is 0. The number of halogens is 6. The van der Waals surface area contributed by atoms with Crippen molar-refractivity contribution in [2.45, 2.75) is 22.1 Å². The van der Waals surface area contributed by atoms with Gasteiger partial charge in [-0.25, -0.2) is 4.98 Å².